The Hall–Kier alpha value is -2.49. The van der Waals surface area contributed by atoms with Crippen LogP contribution in [0.2, 0.25) is 0 Å². The standard InChI is InChI=1S/C17H21N3O/c1-17(2,3)20-16(18)19-13-8-7-11-15(12-13)21-14-9-5-4-6-10-14/h4-12H,1-3H3,(H3,18,19,20). The van der Waals surface area contributed by atoms with Crippen molar-refractivity contribution in [2.24, 2.45) is 10.7 Å². The second kappa shape index (κ2) is 6.31. The second-order valence-electron chi connectivity index (χ2n) is 5.74. The zero-order valence-electron chi connectivity index (χ0n) is 12.6. The van der Waals surface area contributed by atoms with E-state index in [1.54, 1.807) is 0 Å². The van der Waals surface area contributed by atoms with Gasteiger partial charge in [-0.1, -0.05) is 24.3 Å². The Balaban J connectivity index is 2.10. The molecule has 0 aliphatic rings. The van der Waals surface area contributed by atoms with E-state index in [1.807, 2.05) is 75.4 Å². The zero-order valence-corrected chi connectivity index (χ0v) is 12.6. The highest BCUT2D eigenvalue weighted by atomic mass is 16.5. The van der Waals surface area contributed by atoms with Crippen molar-refractivity contribution in [1.82, 2.24) is 0 Å². The van der Waals surface area contributed by atoms with E-state index in [4.69, 9.17) is 10.5 Å². The van der Waals surface area contributed by atoms with Gasteiger partial charge in [0.25, 0.3) is 0 Å². The number of guanidine groups is 1. The van der Waals surface area contributed by atoms with E-state index in [0.29, 0.717) is 5.96 Å². The van der Waals surface area contributed by atoms with Crippen LogP contribution in [0.4, 0.5) is 5.69 Å². The largest absolute Gasteiger partial charge is 0.457 e. The molecule has 2 aromatic rings. The van der Waals surface area contributed by atoms with Crippen LogP contribution in [0.5, 0.6) is 11.5 Å². The Labute approximate surface area is 125 Å². The number of anilines is 1. The van der Waals surface area contributed by atoms with E-state index >= 15 is 0 Å². The van der Waals surface area contributed by atoms with Gasteiger partial charge in [-0.15, -0.1) is 0 Å². The Morgan fingerprint density at radius 3 is 2.33 bits per heavy atom. The molecule has 0 aromatic heterocycles. The van der Waals surface area contributed by atoms with Gasteiger partial charge in [-0.2, -0.15) is 0 Å². The Kier molecular flexibility index (Phi) is 4.48. The Morgan fingerprint density at radius 2 is 1.67 bits per heavy atom. The molecule has 21 heavy (non-hydrogen) atoms. The number of ether oxygens (including phenoxy) is 1. The molecule has 0 unspecified atom stereocenters. The molecule has 0 amide bonds. The van der Waals surface area contributed by atoms with Crippen molar-refractivity contribution in [3.63, 3.8) is 0 Å². The van der Waals surface area contributed by atoms with Gasteiger partial charge in [-0.05, 0) is 45.0 Å². The lowest BCUT2D eigenvalue weighted by molar-refractivity contribution is 0.483. The summed E-state index contributed by atoms with van der Waals surface area (Å²) in [6.45, 7) is 5.99. The maximum Gasteiger partial charge on any atom is 0.193 e. The van der Waals surface area contributed by atoms with Gasteiger partial charge in [0.2, 0.25) is 0 Å². The number of hydrogen-bond acceptors (Lipinski definition) is 2. The molecule has 0 atom stereocenters. The minimum Gasteiger partial charge on any atom is -0.457 e. The lowest BCUT2D eigenvalue weighted by Crippen LogP contribution is -2.27. The van der Waals surface area contributed by atoms with Gasteiger partial charge >= 0.3 is 0 Å². The lowest BCUT2D eigenvalue weighted by Gasteiger charge is -2.15. The first-order chi connectivity index (χ1) is 9.92. The van der Waals surface area contributed by atoms with Gasteiger partial charge in [0.05, 0.1) is 5.54 Å². The highest BCUT2D eigenvalue weighted by molar-refractivity contribution is 5.92. The Morgan fingerprint density at radius 1 is 1.00 bits per heavy atom. The number of rotatable bonds is 3. The number of nitrogens with one attached hydrogen (secondary N) is 1. The predicted molar refractivity (Wildman–Crippen MR) is 88.0 cm³/mol. The topological polar surface area (TPSA) is 59.6 Å². The van der Waals surface area contributed by atoms with Gasteiger partial charge in [0, 0.05) is 11.8 Å². The normalized spacial score (nSPS) is 12.0. The van der Waals surface area contributed by atoms with Crippen LogP contribution >= 0.6 is 0 Å². The molecule has 0 aliphatic heterocycles. The summed E-state index contributed by atoms with van der Waals surface area (Å²) in [7, 11) is 0. The van der Waals surface area contributed by atoms with Crippen molar-refractivity contribution in [3.05, 3.63) is 54.6 Å². The molecule has 2 aromatic carbocycles. The van der Waals surface area contributed by atoms with Crippen LogP contribution in [-0.2, 0) is 0 Å². The lowest BCUT2D eigenvalue weighted by atomic mass is 10.1. The molecule has 2 rings (SSSR count). The zero-order chi connectivity index (χ0) is 15.3. The first kappa shape index (κ1) is 14.9. The molecule has 0 bridgehead atoms. The number of hydrogen-bond donors (Lipinski definition) is 2. The number of nitrogens with two attached hydrogens (primary N) is 1. The highest BCUT2D eigenvalue weighted by Crippen LogP contribution is 2.23. The average molecular weight is 283 g/mol. The molecule has 4 heteroatoms. The summed E-state index contributed by atoms with van der Waals surface area (Å²) >= 11 is 0. The maximum absolute atomic E-state index is 5.89. The van der Waals surface area contributed by atoms with E-state index in [-0.39, 0.29) is 5.54 Å². The van der Waals surface area contributed by atoms with Crippen molar-refractivity contribution in [2.45, 2.75) is 26.3 Å². The summed E-state index contributed by atoms with van der Waals surface area (Å²) < 4.78 is 5.78. The minimum absolute atomic E-state index is 0.213. The molecule has 0 spiro atoms. The quantitative estimate of drug-likeness (QED) is 0.661. The summed E-state index contributed by atoms with van der Waals surface area (Å²) in [5.41, 5.74) is 6.52. The number of para-hydroxylation sites is 1. The summed E-state index contributed by atoms with van der Waals surface area (Å²) in [5, 5.41) is 3.07. The third-order valence-corrected chi connectivity index (χ3v) is 2.54. The van der Waals surface area contributed by atoms with Crippen LogP contribution < -0.4 is 15.8 Å². The van der Waals surface area contributed by atoms with Crippen LogP contribution in [0, 0.1) is 0 Å². The molecule has 0 radical (unpaired) electrons. The third-order valence-electron chi connectivity index (χ3n) is 2.54. The minimum atomic E-state index is -0.213. The summed E-state index contributed by atoms with van der Waals surface area (Å²) in [6, 6.07) is 17.3. The number of aliphatic imine (C=N–C) groups is 1. The molecule has 0 aliphatic carbocycles. The smallest absolute Gasteiger partial charge is 0.193 e. The Bertz CT molecular complexity index is 615. The monoisotopic (exact) mass is 283 g/mol. The SMILES string of the molecule is CC(C)(C)N=C(N)Nc1cccc(Oc2ccccc2)c1. The van der Waals surface area contributed by atoms with Gasteiger partial charge < -0.3 is 15.8 Å². The molecular formula is C17H21N3O. The van der Waals surface area contributed by atoms with Crippen molar-refractivity contribution in [3.8, 4) is 11.5 Å². The third kappa shape index (κ3) is 5.18. The van der Waals surface area contributed by atoms with Crippen molar-refractivity contribution < 1.29 is 4.74 Å². The van der Waals surface area contributed by atoms with E-state index in [9.17, 15) is 0 Å². The molecule has 0 saturated heterocycles. The fraction of sp³-hybridized carbons (Fsp3) is 0.235. The molecule has 110 valence electrons. The van der Waals surface area contributed by atoms with Gasteiger partial charge in [-0.3, -0.25) is 0 Å². The number of nitrogens with zero attached hydrogens (tertiary/aromatic N) is 1. The highest BCUT2D eigenvalue weighted by Gasteiger charge is 2.08. The fourth-order valence-corrected chi connectivity index (χ4v) is 1.80. The van der Waals surface area contributed by atoms with Gasteiger partial charge in [0.15, 0.2) is 5.96 Å². The molecule has 0 heterocycles. The first-order valence-electron chi connectivity index (χ1n) is 6.88. The van der Waals surface area contributed by atoms with E-state index in [2.05, 4.69) is 10.3 Å². The van der Waals surface area contributed by atoms with Crippen LogP contribution in [0.3, 0.4) is 0 Å². The van der Waals surface area contributed by atoms with Crippen LogP contribution in [0.25, 0.3) is 0 Å². The van der Waals surface area contributed by atoms with Crippen molar-refractivity contribution in [2.75, 3.05) is 5.32 Å². The summed E-state index contributed by atoms with van der Waals surface area (Å²) in [6.07, 6.45) is 0. The van der Waals surface area contributed by atoms with Crippen LogP contribution in [0.15, 0.2) is 59.6 Å². The molecule has 0 fully saturated rings. The second-order valence-corrected chi connectivity index (χ2v) is 5.74. The van der Waals surface area contributed by atoms with Crippen LogP contribution in [0.1, 0.15) is 20.8 Å². The van der Waals surface area contributed by atoms with Crippen molar-refractivity contribution >= 4 is 11.6 Å². The molecule has 4 nitrogen and oxygen atoms in total. The van der Waals surface area contributed by atoms with E-state index < -0.39 is 0 Å². The van der Waals surface area contributed by atoms with Gasteiger partial charge in [0.1, 0.15) is 11.5 Å². The van der Waals surface area contributed by atoms with E-state index in [1.165, 1.54) is 0 Å². The summed E-state index contributed by atoms with van der Waals surface area (Å²) in [5.74, 6) is 1.93. The van der Waals surface area contributed by atoms with Crippen LogP contribution in [-0.4, -0.2) is 11.5 Å². The van der Waals surface area contributed by atoms with Gasteiger partial charge in [-0.25, -0.2) is 4.99 Å². The molecule has 3 N–H and O–H groups in total. The van der Waals surface area contributed by atoms with E-state index in [0.717, 1.165) is 17.2 Å². The fourth-order valence-electron chi connectivity index (χ4n) is 1.80. The number of benzene rings is 2. The summed E-state index contributed by atoms with van der Waals surface area (Å²) in [4.78, 5) is 4.36. The molecular weight excluding hydrogens is 262 g/mol. The van der Waals surface area contributed by atoms with Crippen molar-refractivity contribution in [1.29, 1.82) is 0 Å². The predicted octanol–water partition coefficient (Wildman–Crippen LogP) is 4.00. The maximum atomic E-state index is 5.89. The average Bonchev–Trinajstić information content (AvgIpc) is 2.38. The first-order valence-corrected chi connectivity index (χ1v) is 6.88. The molecule has 0 saturated carbocycles.